The lowest BCUT2D eigenvalue weighted by atomic mass is 10.1. The van der Waals surface area contributed by atoms with Crippen LogP contribution in [0.4, 0.5) is 10.1 Å². The number of ether oxygens (including phenoxy) is 1. The molecular formula is C16H16ClFN2O4. The molecule has 0 atom stereocenters. The number of carbonyl (C=O) groups is 2. The van der Waals surface area contributed by atoms with Crippen molar-refractivity contribution < 1.29 is 23.2 Å². The van der Waals surface area contributed by atoms with Gasteiger partial charge in [0.15, 0.2) is 6.61 Å². The Labute approximate surface area is 142 Å². The number of nitrogens with one attached hydrogen (secondary N) is 1. The van der Waals surface area contributed by atoms with Crippen LogP contribution in [-0.4, -0.2) is 23.6 Å². The van der Waals surface area contributed by atoms with Crippen LogP contribution in [0.1, 0.15) is 23.4 Å². The van der Waals surface area contributed by atoms with Crippen molar-refractivity contribution >= 4 is 29.2 Å². The standard InChI is InChI=1S/C16H16ClFN2O4/c1-9-12(10(2)24-20-9)4-6-16(22)23-8-15(21)19-14-5-3-11(17)7-13(14)18/h3,5,7H,4,6,8H2,1-2H3,(H,19,21). The highest BCUT2D eigenvalue weighted by molar-refractivity contribution is 6.30. The molecule has 24 heavy (non-hydrogen) atoms. The van der Waals surface area contributed by atoms with E-state index in [1.165, 1.54) is 12.1 Å². The van der Waals surface area contributed by atoms with E-state index in [1.54, 1.807) is 13.8 Å². The smallest absolute Gasteiger partial charge is 0.306 e. The number of amides is 1. The molecule has 1 N–H and O–H groups in total. The van der Waals surface area contributed by atoms with Gasteiger partial charge in [0.25, 0.3) is 5.91 Å². The molecule has 0 spiro atoms. The van der Waals surface area contributed by atoms with Crippen molar-refractivity contribution in [3.05, 3.63) is 46.1 Å². The molecule has 0 saturated carbocycles. The SMILES string of the molecule is Cc1noc(C)c1CCC(=O)OCC(=O)Nc1ccc(Cl)cc1F. The molecule has 1 heterocycles. The molecule has 8 heteroatoms. The first-order valence-corrected chi connectivity index (χ1v) is 7.57. The molecule has 0 bridgehead atoms. The van der Waals surface area contributed by atoms with E-state index in [9.17, 15) is 14.0 Å². The normalized spacial score (nSPS) is 10.5. The number of anilines is 1. The summed E-state index contributed by atoms with van der Waals surface area (Å²) in [6.07, 6.45) is 0.499. The Morgan fingerprint density at radius 1 is 1.38 bits per heavy atom. The fourth-order valence-corrected chi connectivity index (χ4v) is 2.24. The van der Waals surface area contributed by atoms with Crippen LogP contribution in [0.3, 0.4) is 0 Å². The Bertz CT molecular complexity index is 741. The van der Waals surface area contributed by atoms with Gasteiger partial charge in [-0.25, -0.2) is 4.39 Å². The molecule has 0 aliphatic rings. The molecule has 1 aromatic heterocycles. The first-order valence-electron chi connectivity index (χ1n) is 7.19. The molecule has 0 aliphatic carbocycles. The van der Waals surface area contributed by atoms with Gasteiger partial charge in [0.05, 0.1) is 11.4 Å². The van der Waals surface area contributed by atoms with Gasteiger partial charge < -0.3 is 14.6 Å². The summed E-state index contributed by atoms with van der Waals surface area (Å²) in [5, 5.41) is 6.32. The van der Waals surface area contributed by atoms with Crippen LogP contribution >= 0.6 is 11.6 Å². The summed E-state index contributed by atoms with van der Waals surface area (Å²) in [6, 6.07) is 3.84. The number of halogens is 2. The minimum Gasteiger partial charge on any atom is -0.456 e. The lowest BCUT2D eigenvalue weighted by Crippen LogP contribution is -2.21. The third-order valence-corrected chi connectivity index (χ3v) is 3.56. The number of rotatable bonds is 6. The van der Waals surface area contributed by atoms with Gasteiger partial charge in [0.1, 0.15) is 11.6 Å². The van der Waals surface area contributed by atoms with Crippen molar-refractivity contribution in [3.63, 3.8) is 0 Å². The number of benzene rings is 1. The van der Waals surface area contributed by atoms with Gasteiger partial charge in [-0.1, -0.05) is 16.8 Å². The van der Waals surface area contributed by atoms with Gasteiger partial charge in [0, 0.05) is 17.0 Å². The Hall–Kier alpha value is -2.41. The van der Waals surface area contributed by atoms with Crippen LogP contribution in [0, 0.1) is 19.7 Å². The fourth-order valence-electron chi connectivity index (χ4n) is 2.08. The highest BCUT2D eigenvalue weighted by atomic mass is 35.5. The van der Waals surface area contributed by atoms with E-state index in [0.717, 1.165) is 17.3 Å². The molecule has 1 amide bonds. The summed E-state index contributed by atoms with van der Waals surface area (Å²) in [4.78, 5) is 23.4. The summed E-state index contributed by atoms with van der Waals surface area (Å²) in [7, 11) is 0. The predicted molar refractivity (Wildman–Crippen MR) is 85.3 cm³/mol. The fraction of sp³-hybridized carbons (Fsp3) is 0.312. The third kappa shape index (κ3) is 4.79. The monoisotopic (exact) mass is 354 g/mol. The summed E-state index contributed by atoms with van der Waals surface area (Å²) in [6.45, 7) is 3.04. The molecule has 6 nitrogen and oxygen atoms in total. The molecule has 1 aromatic carbocycles. The second kappa shape index (κ2) is 7.92. The summed E-state index contributed by atoms with van der Waals surface area (Å²) < 4.78 is 23.4. The van der Waals surface area contributed by atoms with Gasteiger partial charge >= 0.3 is 5.97 Å². The summed E-state index contributed by atoms with van der Waals surface area (Å²) in [5.41, 5.74) is 1.53. The van der Waals surface area contributed by atoms with E-state index >= 15 is 0 Å². The van der Waals surface area contributed by atoms with Crippen LogP contribution in [0.15, 0.2) is 22.7 Å². The lowest BCUT2D eigenvalue weighted by molar-refractivity contribution is -0.147. The molecule has 0 fully saturated rings. The predicted octanol–water partition coefficient (Wildman–Crippen LogP) is 3.20. The third-order valence-electron chi connectivity index (χ3n) is 3.33. The van der Waals surface area contributed by atoms with Gasteiger partial charge in [-0.2, -0.15) is 0 Å². The van der Waals surface area contributed by atoms with Crippen LogP contribution in [0.5, 0.6) is 0 Å². The van der Waals surface area contributed by atoms with Crippen LogP contribution < -0.4 is 5.32 Å². The van der Waals surface area contributed by atoms with Gasteiger partial charge in [0.2, 0.25) is 0 Å². The Balaban J connectivity index is 1.78. The first kappa shape index (κ1) is 17.9. The maximum atomic E-state index is 13.5. The maximum Gasteiger partial charge on any atom is 0.306 e. The van der Waals surface area contributed by atoms with Gasteiger partial charge in [-0.15, -0.1) is 0 Å². The quantitative estimate of drug-likeness (QED) is 0.805. The van der Waals surface area contributed by atoms with Crippen molar-refractivity contribution in [2.45, 2.75) is 26.7 Å². The summed E-state index contributed by atoms with van der Waals surface area (Å²) >= 11 is 5.62. The molecule has 0 radical (unpaired) electrons. The van der Waals surface area contributed by atoms with Crippen molar-refractivity contribution in [1.29, 1.82) is 0 Å². The lowest BCUT2D eigenvalue weighted by Gasteiger charge is -2.07. The van der Waals surface area contributed by atoms with E-state index < -0.39 is 24.3 Å². The number of hydrogen-bond acceptors (Lipinski definition) is 5. The topological polar surface area (TPSA) is 81.4 Å². The average Bonchev–Trinajstić information content (AvgIpc) is 2.84. The van der Waals surface area contributed by atoms with E-state index in [-0.39, 0.29) is 17.1 Å². The number of aromatic nitrogens is 1. The van der Waals surface area contributed by atoms with E-state index in [1.807, 2.05) is 0 Å². The average molecular weight is 355 g/mol. The number of esters is 1. The van der Waals surface area contributed by atoms with Gasteiger partial charge in [-0.05, 0) is 38.5 Å². The molecule has 2 aromatic rings. The number of carbonyl (C=O) groups excluding carboxylic acids is 2. The molecule has 0 unspecified atom stereocenters. The number of hydrogen-bond donors (Lipinski definition) is 1. The number of aryl methyl sites for hydroxylation is 2. The number of nitrogens with zero attached hydrogens (tertiary/aromatic N) is 1. The molecule has 0 aliphatic heterocycles. The van der Waals surface area contributed by atoms with E-state index in [4.69, 9.17) is 20.9 Å². The van der Waals surface area contributed by atoms with Crippen molar-refractivity contribution in [2.75, 3.05) is 11.9 Å². The van der Waals surface area contributed by atoms with Crippen LogP contribution in [0.25, 0.3) is 0 Å². The minimum absolute atomic E-state index is 0.0313. The first-order chi connectivity index (χ1) is 11.4. The second-order valence-corrected chi connectivity index (χ2v) is 5.57. The molecule has 0 saturated heterocycles. The van der Waals surface area contributed by atoms with Crippen LogP contribution in [0.2, 0.25) is 5.02 Å². The summed E-state index contributed by atoms with van der Waals surface area (Å²) in [5.74, 6) is -1.19. The van der Waals surface area contributed by atoms with Crippen molar-refractivity contribution in [3.8, 4) is 0 Å². The highest BCUT2D eigenvalue weighted by Gasteiger charge is 2.14. The van der Waals surface area contributed by atoms with E-state index in [0.29, 0.717) is 12.2 Å². The Morgan fingerprint density at radius 3 is 2.75 bits per heavy atom. The minimum atomic E-state index is -0.666. The zero-order valence-corrected chi connectivity index (χ0v) is 13.9. The second-order valence-electron chi connectivity index (χ2n) is 5.14. The van der Waals surface area contributed by atoms with Crippen molar-refractivity contribution in [1.82, 2.24) is 5.16 Å². The Kier molecular flexibility index (Phi) is 5.92. The molecule has 128 valence electrons. The maximum absolute atomic E-state index is 13.5. The van der Waals surface area contributed by atoms with Crippen molar-refractivity contribution in [2.24, 2.45) is 0 Å². The largest absolute Gasteiger partial charge is 0.456 e. The zero-order valence-electron chi connectivity index (χ0n) is 13.2. The highest BCUT2D eigenvalue weighted by Crippen LogP contribution is 2.19. The molecule has 2 rings (SSSR count). The van der Waals surface area contributed by atoms with Crippen LogP contribution in [-0.2, 0) is 20.7 Å². The molecular weight excluding hydrogens is 339 g/mol. The van der Waals surface area contributed by atoms with Gasteiger partial charge in [-0.3, -0.25) is 9.59 Å². The van der Waals surface area contributed by atoms with E-state index in [2.05, 4.69) is 10.5 Å². The Morgan fingerprint density at radius 2 is 2.12 bits per heavy atom. The zero-order chi connectivity index (χ0) is 17.7.